The quantitative estimate of drug-likeness (QED) is 0.0590. The topological polar surface area (TPSA) is 250 Å². The predicted octanol–water partition coefficient (Wildman–Crippen LogP) is 17.5. The van der Waals surface area contributed by atoms with Gasteiger partial charge in [-0.15, -0.1) is 0 Å². The first-order valence-corrected chi connectivity index (χ1v) is 33.9. The summed E-state index contributed by atoms with van der Waals surface area (Å²) in [6.45, 7) is 0.352. The van der Waals surface area contributed by atoms with Crippen LogP contribution in [0.15, 0.2) is 244 Å². The van der Waals surface area contributed by atoms with Crippen molar-refractivity contribution in [2.75, 3.05) is 13.1 Å². The second-order valence-corrected chi connectivity index (χ2v) is 25.1. The maximum absolute atomic E-state index is 14.0. The standard InChI is InChI=1S/C86H58N16O2/c103-85(59-5-1-51(2-6-59)77-61-9-13-65(95-61)79(53-25-37-87-38-26-53)69-17-21-73(99-69)83(57-33-45-91-46-34-57)74-22-18-70(100-74)80(54-27-39-88-40-28-54)66-14-10-62(77)96-66)93-49-50-94-86(104)60-7-3-52(4-8-60)78-63-11-15-67(97-63)81(55-29-41-89-42-30-55)71-19-23-75(101-71)84(58-35-47-92-48-36-58)76-24-20-72(102-76)82(56-31-43-90-44-32-56)68-16-12-64(78)98-68/h1-48,95,97,100,102H,49-50H2,(H,93,103)(H,94,104). The minimum Gasteiger partial charge on any atom is -0.354 e. The molecule has 18 rings (SSSR count). The summed E-state index contributed by atoms with van der Waals surface area (Å²) in [5.74, 6) is -0.584. The molecule has 2 amide bonds. The number of fused-ring (bicyclic) bond motifs is 16. The van der Waals surface area contributed by atoms with Crippen LogP contribution in [0.5, 0.6) is 0 Å². The molecule has 494 valence electrons. The predicted molar refractivity (Wildman–Crippen MR) is 413 cm³/mol. The molecular weight excluding hydrogens is 1290 g/mol. The number of aromatic nitrogens is 14. The molecule has 18 heteroatoms. The highest BCUT2D eigenvalue weighted by molar-refractivity contribution is 6.04. The molecule has 16 heterocycles. The molecule has 104 heavy (non-hydrogen) atoms. The van der Waals surface area contributed by atoms with Crippen molar-refractivity contribution in [2.45, 2.75) is 0 Å². The second-order valence-electron chi connectivity index (χ2n) is 25.1. The number of aromatic amines is 4. The van der Waals surface area contributed by atoms with Gasteiger partial charge in [-0.2, -0.15) is 0 Å². The van der Waals surface area contributed by atoms with E-state index in [1.165, 1.54) is 0 Å². The van der Waals surface area contributed by atoms with E-state index in [4.69, 9.17) is 19.9 Å². The molecule has 0 radical (unpaired) electrons. The maximum atomic E-state index is 14.0. The van der Waals surface area contributed by atoms with E-state index in [9.17, 15) is 9.59 Å². The molecule has 0 saturated carbocycles. The van der Waals surface area contributed by atoms with E-state index < -0.39 is 0 Å². The summed E-state index contributed by atoms with van der Waals surface area (Å²) in [7, 11) is 0. The molecule has 0 atom stereocenters. The Bertz CT molecular complexity index is 5770. The van der Waals surface area contributed by atoms with Crippen LogP contribution in [-0.2, 0) is 0 Å². The Kier molecular flexibility index (Phi) is 15.8. The van der Waals surface area contributed by atoms with Crippen LogP contribution < -0.4 is 10.6 Å². The summed E-state index contributed by atoms with van der Waals surface area (Å²) in [6, 6.07) is 55.5. The van der Waals surface area contributed by atoms with Crippen molar-refractivity contribution in [3.63, 3.8) is 0 Å². The van der Waals surface area contributed by atoms with E-state index in [1.54, 1.807) is 74.4 Å². The van der Waals surface area contributed by atoms with Gasteiger partial charge in [0.25, 0.3) is 11.8 Å². The van der Waals surface area contributed by atoms with E-state index in [-0.39, 0.29) is 24.9 Å². The highest BCUT2D eigenvalue weighted by atomic mass is 16.2. The van der Waals surface area contributed by atoms with Crippen LogP contribution in [0.25, 0.3) is 182 Å². The number of carbonyl (C=O) groups is 2. The Morgan fingerprint density at radius 1 is 0.221 bits per heavy atom. The van der Waals surface area contributed by atoms with Crippen LogP contribution in [0.4, 0.5) is 0 Å². The maximum Gasteiger partial charge on any atom is 0.251 e. The average Bonchev–Trinajstić information content (AvgIpc) is 1.62. The monoisotopic (exact) mass is 1350 g/mol. The molecule has 4 aliphatic rings. The Morgan fingerprint density at radius 2 is 0.385 bits per heavy atom. The molecule has 0 spiro atoms. The van der Waals surface area contributed by atoms with Crippen LogP contribution in [-0.4, -0.2) is 94.7 Å². The highest BCUT2D eigenvalue weighted by Crippen LogP contribution is 2.42. The molecule has 0 fully saturated rings. The van der Waals surface area contributed by atoms with Crippen LogP contribution in [0.1, 0.15) is 66.3 Å². The molecule has 16 bridgehead atoms. The Hall–Kier alpha value is -14.5. The number of amides is 2. The minimum atomic E-state index is -0.292. The number of nitrogens with zero attached hydrogens (tertiary/aromatic N) is 10. The lowest BCUT2D eigenvalue weighted by Crippen LogP contribution is -2.34. The SMILES string of the molecule is O=C(NCCNC(=O)c1ccc(-c2c3nc(c(-c4ccncc4)c4ccc([nH]4)c(-c4ccncc4)c4nc(c(-c5ccncc5)c5ccc2[nH]5)C=C4)C=C3)cc1)c1ccc(-c2c3nc(c(-c4ccncc4)c4ccc([nH]4)c(-c4ccncc4)c4nc(c(-c5ccncc5)c5ccc2[nH]5)C=C4)C=C3)cc1. The highest BCUT2D eigenvalue weighted by Gasteiger charge is 2.23. The number of hydrogen-bond donors (Lipinski definition) is 6. The van der Waals surface area contributed by atoms with E-state index in [1.807, 2.05) is 146 Å². The van der Waals surface area contributed by atoms with Crippen molar-refractivity contribution in [1.82, 2.24) is 80.4 Å². The summed E-state index contributed by atoms with van der Waals surface area (Å²) in [4.78, 5) is 90.8. The van der Waals surface area contributed by atoms with Gasteiger partial charge in [-0.1, -0.05) is 24.3 Å². The number of rotatable bonds is 13. The first kappa shape index (κ1) is 61.8. The summed E-state index contributed by atoms with van der Waals surface area (Å²) in [5, 5.41) is 6.04. The van der Waals surface area contributed by atoms with Crippen LogP contribution in [0, 0.1) is 0 Å². The first-order chi connectivity index (χ1) is 51.4. The zero-order valence-corrected chi connectivity index (χ0v) is 55.4. The third-order valence-electron chi connectivity index (χ3n) is 18.9. The van der Waals surface area contributed by atoms with E-state index in [0.29, 0.717) is 22.5 Å². The number of benzene rings is 2. The fourth-order valence-corrected chi connectivity index (χ4v) is 14.1. The van der Waals surface area contributed by atoms with Crippen LogP contribution in [0.3, 0.4) is 0 Å². The molecule has 18 nitrogen and oxygen atoms in total. The zero-order valence-electron chi connectivity index (χ0n) is 55.4. The van der Waals surface area contributed by atoms with Crippen molar-refractivity contribution in [3.8, 4) is 89.0 Å². The van der Waals surface area contributed by atoms with Crippen molar-refractivity contribution >= 4 is 105 Å². The number of nitrogens with one attached hydrogen (secondary N) is 6. The minimum absolute atomic E-state index is 0.176. The molecule has 4 aliphatic heterocycles. The Morgan fingerprint density at radius 3 is 0.558 bits per heavy atom. The lowest BCUT2D eigenvalue weighted by Gasteiger charge is -2.10. The van der Waals surface area contributed by atoms with Gasteiger partial charge in [0.2, 0.25) is 0 Å². The number of H-pyrrole nitrogens is 4. The van der Waals surface area contributed by atoms with Gasteiger partial charge >= 0.3 is 0 Å². The van der Waals surface area contributed by atoms with Gasteiger partial charge in [0.1, 0.15) is 0 Å². The lowest BCUT2D eigenvalue weighted by molar-refractivity contribution is 0.0927. The van der Waals surface area contributed by atoms with Crippen molar-refractivity contribution < 1.29 is 9.59 Å². The van der Waals surface area contributed by atoms with Gasteiger partial charge in [-0.25, -0.2) is 19.9 Å². The zero-order chi connectivity index (χ0) is 69.5. The molecule has 14 aromatic rings. The lowest BCUT2D eigenvalue weighted by atomic mass is 10.0. The van der Waals surface area contributed by atoms with Gasteiger partial charge in [-0.05, 0) is 239 Å². The van der Waals surface area contributed by atoms with E-state index in [2.05, 4.69) is 133 Å². The summed E-state index contributed by atoms with van der Waals surface area (Å²) >= 11 is 0. The van der Waals surface area contributed by atoms with Gasteiger partial charge in [0.05, 0.1) is 45.6 Å². The summed E-state index contributed by atoms with van der Waals surface area (Å²) < 4.78 is 0. The van der Waals surface area contributed by atoms with E-state index in [0.717, 1.165) is 167 Å². The molecule has 12 aromatic heterocycles. The van der Waals surface area contributed by atoms with Gasteiger partial charge in [0, 0.05) is 187 Å². The third-order valence-corrected chi connectivity index (χ3v) is 18.9. The van der Waals surface area contributed by atoms with Crippen molar-refractivity contribution in [1.29, 1.82) is 0 Å². The smallest absolute Gasteiger partial charge is 0.251 e. The van der Waals surface area contributed by atoms with Crippen molar-refractivity contribution in [2.24, 2.45) is 0 Å². The average molecular weight is 1350 g/mol. The molecular formula is C86H58N16O2. The largest absolute Gasteiger partial charge is 0.354 e. The van der Waals surface area contributed by atoms with E-state index >= 15 is 0 Å². The fraction of sp³-hybridized carbons (Fsp3) is 0.0233. The van der Waals surface area contributed by atoms with Gasteiger partial charge < -0.3 is 30.6 Å². The van der Waals surface area contributed by atoms with Crippen LogP contribution >= 0.6 is 0 Å². The number of carbonyl (C=O) groups excluding carboxylic acids is 2. The van der Waals surface area contributed by atoms with Crippen LogP contribution in [0.2, 0.25) is 0 Å². The first-order valence-electron chi connectivity index (χ1n) is 33.9. The summed E-state index contributed by atoms with van der Waals surface area (Å²) in [5.41, 5.74) is 28.0. The third kappa shape index (κ3) is 11.7. The summed E-state index contributed by atoms with van der Waals surface area (Å²) in [6.07, 6.45) is 37.8. The molecule has 0 aliphatic carbocycles. The Labute approximate surface area is 594 Å². The van der Waals surface area contributed by atoms with Gasteiger partial charge in [-0.3, -0.25) is 39.5 Å². The Balaban J connectivity index is 0.650. The van der Waals surface area contributed by atoms with Crippen molar-refractivity contribution in [3.05, 3.63) is 301 Å². The number of pyridine rings is 6. The number of hydrogen-bond acceptors (Lipinski definition) is 12. The van der Waals surface area contributed by atoms with Gasteiger partial charge in [0.15, 0.2) is 0 Å². The molecule has 6 N–H and O–H groups in total. The molecule has 0 saturated heterocycles. The molecule has 0 unspecified atom stereocenters. The normalized spacial score (nSPS) is 12.0. The fourth-order valence-electron chi connectivity index (χ4n) is 14.1. The molecule has 2 aromatic carbocycles. The second kappa shape index (κ2) is 26.6.